The topological polar surface area (TPSA) is 86.7 Å². The maximum atomic E-state index is 10.9. The molecule has 1 aromatic rings. The Morgan fingerprint density at radius 1 is 0.794 bits per heavy atom. The minimum atomic E-state index is -0.825. The fourth-order valence-electron chi connectivity index (χ4n) is 4.37. The zero-order chi connectivity index (χ0) is 25.9. The van der Waals surface area contributed by atoms with Crippen LogP contribution >= 0.6 is 0 Å². The number of benzene rings is 1. The molecule has 5 N–H and O–H groups in total. The molecule has 1 unspecified atom stereocenters. The number of phenolic OH excluding ortho intramolecular Hbond substituents is 2. The number of aliphatic hydroxyl groups is 1. The first-order valence-corrected chi connectivity index (χ1v) is 12.9. The summed E-state index contributed by atoms with van der Waals surface area (Å²) >= 11 is 0. The molecule has 1 atom stereocenters. The van der Waals surface area contributed by atoms with Gasteiger partial charge >= 0.3 is 0 Å². The molecular formula is C30H49NO3. The molecule has 0 amide bonds. The fourth-order valence-corrected chi connectivity index (χ4v) is 4.37. The van der Waals surface area contributed by atoms with Crippen molar-refractivity contribution in [2.45, 2.75) is 112 Å². The summed E-state index contributed by atoms with van der Waals surface area (Å²) < 4.78 is 0. The van der Waals surface area contributed by atoms with E-state index in [-0.39, 0.29) is 11.5 Å². The van der Waals surface area contributed by atoms with Crippen molar-refractivity contribution in [3.63, 3.8) is 0 Å². The smallest absolute Gasteiger partial charge is 0.122 e. The third-order valence-corrected chi connectivity index (χ3v) is 7.02. The van der Waals surface area contributed by atoms with E-state index < -0.39 is 5.60 Å². The summed E-state index contributed by atoms with van der Waals surface area (Å²) in [6.45, 7) is 14.6. The highest BCUT2D eigenvalue weighted by molar-refractivity contribution is 5.57. The van der Waals surface area contributed by atoms with Crippen LogP contribution in [0.4, 0.5) is 0 Å². The van der Waals surface area contributed by atoms with Crippen LogP contribution in [0.3, 0.4) is 0 Å². The largest absolute Gasteiger partial charge is 0.507 e. The van der Waals surface area contributed by atoms with Crippen LogP contribution in [-0.2, 0) is 12.8 Å². The molecule has 0 radical (unpaired) electrons. The average molecular weight is 472 g/mol. The van der Waals surface area contributed by atoms with E-state index in [0.717, 1.165) is 48.8 Å². The van der Waals surface area contributed by atoms with Gasteiger partial charge in [-0.15, -0.1) is 0 Å². The molecule has 0 aliphatic heterocycles. The molecule has 0 aliphatic carbocycles. The standard InChI is InChI=1S/C30H49NO3/c1-8-26-24(5)28(32)25(6)27(29(26)33)17-19-30(7,34)18-11-16-22(3)13-9-12-21(2)14-10-15-23(4)20-31/h12,15-16,32-34H,8-11,13-14,17-20,31H2,1-7H3/b21-12+,22-16+,23-15+. The van der Waals surface area contributed by atoms with E-state index in [2.05, 4.69) is 39.0 Å². The minimum Gasteiger partial charge on any atom is -0.507 e. The molecular weight excluding hydrogens is 422 g/mol. The molecule has 0 bridgehead atoms. The lowest BCUT2D eigenvalue weighted by Gasteiger charge is -2.24. The van der Waals surface area contributed by atoms with E-state index in [0.29, 0.717) is 37.8 Å². The number of allylic oxidation sites excluding steroid dienone is 5. The van der Waals surface area contributed by atoms with Gasteiger partial charge in [0, 0.05) is 17.7 Å². The van der Waals surface area contributed by atoms with E-state index in [1.807, 2.05) is 27.7 Å². The number of phenols is 2. The van der Waals surface area contributed by atoms with Crippen molar-refractivity contribution in [2.75, 3.05) is 6.54 Å². The molecule has 4 heteroatoms. The van der Waals surface area contributed by atoms with Crippen molar-refractivity contribution in [1.82, 2.24) is 0 Å². The normalized spacial score (nSPS) is 15.0. The van der Waals surface area contributed by atoms with Crippen molar-refractivity contribution >= 4 is 0 Å². The molecule has 0 aliphatic rings. The lowest BCUT2D eigenvalue weighted by molar-refractivity contribution is 0.0431. The van der Waals surface area contributed by atoms with Crippen LogP contribution in [0.25, 0.3) is 0 Å². The highest BCUT2D eigenvalue weighted by Gasteiger charge is 2.23. The van der Waals surface area contributed by atoms with Crippen molar-refractivity contribution < 1.29 is 15.3 Å². The first-order valence-electron chi connectivity index (χ1n) is 12.9. The maximum absolute atomic E-state index is 10.9. The monoisotopic (exact) mass is 471 g/mol. The second-order valence-electron chi connectivity index (χ2n) is 10.2. The van der Waals surface area contributed by atoms with Crippen LogP contribution in [0.1, 0.15) is 102 Å². The van der Waals surface area contributed by atoms with E-state index in [1.54, 1.807) is 0 Å². The van der Waals surface area contributed by atoms with Crippen LogP contribution in [0.2, 0.25) is 0 Å². The molecule has 192 valence electrons. The summed E-state index contributed by atoms with van der Waals surface area (Å²) in [4.78, 5) is 0. The quantitative estimate of drug-likeness (QED) is 0.172. The van der Waals surface area contributed by atoms with Gasteiger partial charge in [-0.25, -0.2) is 0 Å². The number of hydrogen-bond acceptors (Lipinski definition) is 4. The third kappa shape index (κ3) is 9.68. The van der Waals surface area contributed by atoms with Crippen LogP contribution in [0.15, 0.2) is 34.9 Å². The molecule has 0 saturated heterocycles. The lowest BCUT2D eigenvalue weighted by atomic mass is 9.87. The zero-order valence-electron chi connectivity index (χ0n) is 22.7. The van der Waals surface area contributed by atoms with Gasteiger partial charge in [0.2, 0.25) is 0 Å². The first kappa shape index (κ1) is 30.0. The first-order chi connectivity index (χ1) is 15.9. The predicted molar refractivity (Wildman–Crippen MR) is 146 cm³/mol. The molecule has 0 aromatic heterocycles. The van der Waals surface area contributed by atoms with E-state index in [9.17, 15) is 15.3 Å². The molecule has 0 saturated carbocycles. The number of nitrogens with two attached hydrogens (primary N) is 1. The summed E-state index contributed by atoms with van der Waals surface area (Å²) in [5, 5.41) is 32.1. The van der Waals surface area contributed by atoms with E-state index in [4.69, 9.17) is 5.73 Å². The molecule has 0 spiro atoms. The Balaban J connectivity index is 2.56. The van der Waals surface area contributed by atoms with Gasteiger partial charge in [0.15, 0.2) is 0 Å². The SMILES string of the molecule is CCc1c(C)c(O)c(C)c(CCC(C)(O)CC/C=C(\C)CC/C=C(\C)CC/C=C(\C)CN)c1O. The average Bonchev–Trinajstić information content (AvgIpc) is 2.77. The van der Waals surface area contributed by atoms with Gasteiger partial charge in [-0.2, -0.15) is 0 Å². The molecule has 0 fully saturated rings. The Labute approximate surface area is 208 Å². The Kier molecular flexibility index (Phi) is 12.7. The van der Waals surface area contributed by atoms with Gasteiger partial charge in [-0.05, 0) is 110 Å². The predicted octanol–water partition coefficient (Wildman–Crippen LogP) is 7.10. The van der Waals surface area contributed by atoms with Crippen molar-refractivity contribution in [3.8, 4) is 11.5 Å². The molecule has 4 nitrogen and oxygen atoms in total. The van der Waals surface area contributed by atoms with E-state index in [1.165, 1.54) is 16.7 Å². The second-order valence-corrected chi connectivity index (χ2v) is 10.2. The lowest BCUT2D eigenvalue weighted by Crippen LogP contribution is -2.24. The van der Waals surface area contributed by atoms with Gasteiger partial charge in [0.05, 0.1) is 5.60 Å². The Morgan fingerprint density at radius 3 is 1.82 bits per heavy atom. The van der Waals surface area contributed by atoms with Crippen molar-refractivity contribution in [3.05, 3.63) is 57.2 Å². The Hall–Kier alpha value is -2.04. The second kappa shape index (κ2) is 14.4. The zero-order valence-corrected chi connectivity index (χ0v) is 22.7. The van der Waals surface area contributed by atoms with E-state index >= 15 is 0 Å². The number of aromatic hydroxyl groups is 2. The van der Waals surface area contributed by atoms with Gasteiger partial charge in [-0.1, -0.05) is 41.9 Å². The summed E-state index contributed by atoms with van der Waals surface area (Å²) in [6, 6.07) is 0. The Bertz CT molecular complexity index is 891. The third-order valence-electron chi connectivity index (χ3n) is 7.02. The number of hydrogen-bond donors (Lipinski definition) is 4. The van der Waals surface area contributed by atoms with Crippen LogP contribution in [0, 0.1) is 13.8 Å². The highest BCUT2D eigenvalue weighted by Crippen LogP contribution is 2.38. The highest BCUT2D eigenvalue weighted by atomic mass is 16.3. The van der Waals surface area contributed by atoms with Gasteiger partial charge in [0.1, 0.15) is 11.5 Å². The van der Waals surface area contributed by atoms with Crippen molar-refractivity contribution in [1.29, 1.82) is 0 Å². The summed E-state index contributed by atoms with van der Waals surface area (Å²) in [5.41, 5.74) is 11.8. The van der Waals surface area contributed by atoms with Crippen LogP contribution in [-0.4, -0.2) is 27.5 Å². The molecule has 34 heavy (non-hydrogen) atoms. The summed E-state index contributed by atoms with van der Waals surface area (Å²) in [6.07, 6.45) is 14.2. The molecule has 1 aromatic carbocycles. The molecule has 1 rings (SSSR count). The molecule has 0 heterocycles. The Morgan fingerprint density at radius 2 is 1.29 bits per heavy atom. The van der Waals surface area contributed by atoms with Crippen LogP contribution in [0.5, 0.6) is 11.5 Å². The minimum absolute atomic E-state index is 0.259. The van der Waals surface area contributed by atoms with Crippen LogP contribution < -0.4 is 5.73 Å². The van der Waals surface area contributed by atoms with Gasteiger partial charge < -0.3 is 21.1 Å². The van der Waals surface area contributed by atoms with Gasteiger partial charge in [0.25, 0.3) is 0 Å². The van der Waals surface area contributed by atoms with Crippen molar-refractivity contribution in [2.24, 2.45) is 5.73 Å². The maximum Gasteiger partial charge on any atom is 0.122 e. The van der Waals surface area contributed by atoms with Gasteiger partial charge in [-0.3, -0.25) is 0 Å². The number of rotatable bonds is 14. The fraction of sp³-hybridized carbons (Fsp3) is 0.600. The summed E-state index contributed by atoms with van der Waals surface area (Å²) in [5.74, 6) is 0.532. The summed E-state index contributed by atoms with van der Waals surface area (Å²) in [7, 11) is 0.